The smallest absolute Gasteiger partial charge is 0.280 e. The van der Waals surface area contributed by atoms with Crippen LogP contribution in [0.5, 0.6) is 0 Å². The summed E-state index contributed by atoms with van der Waals surface area (Å²) in [7, 11) is -8.19. The molecular weight excluding hydrogens is 381 g/mol. The molecule has 0 heterocycles. The van der Waals surface area contributed by atoms with Crippen LogP contribution in [0.3, 0.4) is 0 Å². The molecule has 0 amide bonds. The first-order valence-corrected chi connectivity index (χ1v) is 9.67. The van der Waals surface area contributed by atoms with Gasteiger partial charge in [0.25, 0.3) is 10.0 Å². The normalized spacial score (nSPS) is 12.8. The first-order valence-electron chi connectivity index (χ1n) is 6.64. The molecule has 6 nitrogen and oxygen atoms in total. The predicted octanol–water partition coefficient (Wildman–Crippen LogP) is 2.46. The number of primary sulfonamides is 1. The van der Waals surface area contributed by atoms with E-state index in [4.69, 9.17) is 5.14 Å². The number of sulfonamides is 2. The average molecular weight is 394 g/mol. The monoisotopic (exact) mass is 394 g/mol. The Morgan fingerprint density at radius 3 is 1.92 bits per heavy atom. The van der Waals surface area contributed by atoms with Gasteiger partial charge in [0, 0.05) is 5.69 Å². The van der Waals surface area contributed by atoms with Crippen molar-refractivity contribution in [3.05, 3.63) is 53.6 Å². The third-order valence-electron chi connectivity index (χ3n) is 3.26. The van der Waals surface area contributed by atoms with Crippen LogP contribution in [-0.4, -0.2) is 16.8 Å². The van der Waals surface area contributed by atoms with Gasteiger partial charge < -0.3 is 0 Å². The summed E-state index contributed by atoms with van der Waals surface area (Å²) < 4.78 is 87.5. The third-order valence-corrected chi connectivity index (χ3v) is 5.58. The van der Waals surface area contributed by atoms with Gasteiger partial charge in [-0.15, -0.1) is 0 Å². The van der Waals surface area contributed by atoms with E-state index in [1.807, 2.05) is 4.72 Å². The topological polar surface area (TPSA) is 106 Å². The number of anilines is 1. The number of benzene rings is 2. The van der Waals surface area contributed by atoms with Crippen molar-refractivity contribution in [2.75, 3.05) is 4.72 Å². The summed E-state index contributed by atoms with van der Waals surface area (Å²) >= 11 is 0. The molecule has 0 bridgehead atoms. The molecule has 0 fully saturated rings. The number of hydrogen-bond acceptors (Lipinski definition) is 4. The largest absolute Gasteiger partial charge is 0.416 e. The summed E-state index contributed by atoms with van der Waals surface area (Å²) in [5.41, 5.74) is -1.28. The van der Waals surface area contributed by atoms with Gasteiger partial charge in [-0.1, -0.05) is 6.07 Å². The number of nitrogens with two attached hydrogens (primary N) is 1. The van der Waals surface area contributed by atoms with Gasteiger partial charge in [-0.2, -0.15) is 13.2 Å². The van der Waals surface area contributed by atoms with Crippen molar-refractivity contribution in [2.24, 2.45) is 5.14 Å². The molecule has 0 saturated carbocycles. The minimum absolute atomic E-state index is 0.0482. The third kappa shape index (κ3) is 4.50. The summed E-state index contributed by atoms with van der Waals surface area (Å²) in [6.07, 6.45) is -4.62. The molecule has 0 aromatic heterocycles. The van der Waals surface area contributed by atoms with E-state index in [-0.39, 0.29) is 21.0 Å². The Balaban J connectivity index is 2.36. The van der Waals surface area contributed by atoms with E-state index < -0.39 is 31.8 Å². The number of hydrogen-bond donors (Lipinski definition) is 2. The van der Waals surface area contributed by atoms with Gasteiger partial charge in [0.2, 0.25) is 10.0 Å². The molecule has 2 aromatic carbocycles. The van der Waals surface area contributed by atoms with Crippen LogP contribution in [0.4, 0.5) is 18.9 Å². The maximum Gasteiger partial charge on any atom is 0.416 e. The Morgan fingerprint density at radius 1 is 0.920 bits per heavy atom. The summed E-state index contributed by atoms with van der Waals surface area (Å²) in [4.78, 5) is -0.616. The van der Waals surface area contributed by atoms with Gasteiger partial charge in [0.15, 0.2) is 0 Å². The van der Waals surface area contributed by atoms with Crippen LogP contribution in [0.15, 0.2) is 52.3 Å². The van der Waals surface area contributed by atoms with Crippen molar-refractivity contribution >= 4 is 25.7 Å². The highest BCUT2D eigenvalue weighted by atomic mass is 32.2. The highest BCUT2D eigenvalue weighted by Gasteiger charge is 2.32. The Morgan fingerprint density at radius 2 is 1.44 bits per heavy atom. The molecule has 0 saturated heterocycles. The molecule has 136 valence electrons. The summed E-state index contributed by atoms with van der Waals surface area (Å²) in [6, 6.07) is 6.97. The standard InChI is InChI=1S/C14H13F3N2O4S2/c1-9-2-3-10(8-13(9)14(15,16)17)19-25(22,23)12-6-4-11(5-7-12)24(18,20)21/h2-8,19H,1H3,(H2,18,20,21). The quantitative estimate of drug-likeness (QED) is 0.831. The summed E-state index contributed by atoms with van der Waals surface area (Å²) in [5, 5.41) is 4.91. The Labute approximate surface area is 142 Å². The second-order valence-electron chi connectivity index (χ2n) is 5.15. The molecule has 3 N–H and O–H groups in total. The van der Waals surface area contributed by atoms with Gasteiger partial charge >= 0.3 is 6.18 Å². The molecule has 0 unspecified atom stereocenters. The maximum absolute atomic E-state index is 12.9. The molecule has 0 aliphatic heterocycles. The maximum atomic E-state index is 12.9. The molecular formula is C14H13F3N2O4S2. The fourth-order valence-corrected chi connectivity index (χ4v) is 3.58. The zero-order valence-corrected chi connectivity index (χ0v) is 14.3. The van der Waals surface area contributed by atoms with Crippen LogP contribution < -0.4 is 9.86 Å². The first-order chi connectivity index (χ1) is 11.3. The summed E-state index contributed by atoms with van der Waals surface area (Å²) in [5.74, 6) is 0. The minimum Gasteiger partial charge on any atom is -0.280 e. The number of nitrogens with one attached hydrogen (secondary N) is 1. The first kappa shape index (κ1) is 19.2. The second kappa shape index (κ2) is 6.32. The molecule has 25 heavy (non-hydrogen) atoms. The van der Waals surface area contributed by atoms with E-state index >= 15 is 0 Å². The van der Waals surface area contributed by atoms with Crippen LogP contribution in [-0.2, 0) is 26.2 Å². The van der Waals surface area contributed by atoms with Gasteiger partial charge in [-0.3, -0.25) is 4.72 Å². The van der Waals surface area contributed by atoms with E-state index in [9.17, 15) is 30.0 Å². The van der Waals surface area contributed by atoms with Gasteiger partial charge in [0.05, 0.1) is 15.4 Å². The van der Waals surface area contributed by atoms with Gasteiger partial charge in [-0.25, -0.2) is 22.0 Å². The van der Waals surface area contributed by atoms with Gasteiger partial charge in [-0.05, 0) is 48.9 Å². The Hall–Kier alpha value is -2.11. The van der Waals surface area contributed by atoms with E-state index in [1.165, 1.54) is 13.0 Å². The van der Waals surface area contributed by atoms with E-state index in [0.29, 0.717) is 6.07 Å². The van der Waals surface area contributed by atoms with Crippen molar-refractivity contribution in [2.45, 2.75) is 22.9 Å². The van der Waals surface area contributed by atoms with Crippen LogP contribution in [0, 0.1) is 6.92 Å². The SMILES string of the molecule is Cc1ccc(NS(=O)(=O)c2ccc(S(N)(=O)=O)cc2)cc1C(F)(F)F. The Kier molecular flexibility index (Phi) is 4.86. The molecule has 2 rings (SSSR count). The molecule has 0 spiro atoms. The Bertz CT molecular complexity index is 999. The molecule has 11 heteroatoms. The van der Waals surface area contributed by atoms with Crippen LogP contribution in [0.2, 0.25) is 0 Å². The lowest BCUT2D eigenvalue weighted by Crippen LogP contribution is -2.16. The highest BCUT2D eigenvalue weighted by molar-refractivity contribution is 7.92. The van der Waals surface area contributed by atoms with Crippen LogP contribution in [0.25, 0.3) is 0 Å². The van der Waals surface area contributed by atoms with Crippen molar-refractivity contribution in [1.29, 1.82) is 0 Å². The lowest BCUT2D eigenvalue weighted by molar-refractivity contribution is -0.138. The van der Waals surface area contributed by atoms with E-state index in [2.05, 4.69) is 0 Å². The van der Waals surface area contributed by atoms with Crippen molar-refractivity contribution < 1.29 is 30.0 Å². The lowest BCUT2D eigenvalue weighted by atomic mass is 10.1. The van der Waals surface area contributed by atoms with Crippen LogP contribution in [0.1, 0.15) is 11.1 Å². The fourth-order valence-electron chi connectivity index (χ4n) is 2.01. The average Bonchev–Trinajstić information content (AvgIpc) is 2.47. The number of rotatable bonds is 4. The minimum atomic E-state index is -4.62. The fraction of sp³-hybridized carbons (Fsp3) is 0.143. The van der Waals surface area contributed by atoms with Crippen molar-refractivity contribution in [1.82, 2.24) is 0 Å². The van der Waals surface area contributed by atoms with E-state index in [0.717, 1.165) is 30.3 Å². The lowest BCUT2D eigenvalue weighted by Gasteiger charge is -2.13. The molecule has 2 aromatic rings. The number of halogens is 3. The predicted molar refractivity (Wildman–Crippen MR) is 84.8 cm³/mol. The van der Waals surface area contributed by atoms with E-state index in [1.54, 1.807) is 0 Å². The highest BCUT2D eigenvalue weighted by Crippen LogP contribution is 2.33. The zero-order chi connectivity index (χ0) is 19.0. The molecule has 0 aliphatic rings. The number of aryl methyl sites for hydroxylation is 1. The van der Waals surface area contributed by atoms with Crippen LogP contribution >= 0.6 is 0 Å². The second-order valence-corrected chi connectivity index (χ2v) is 8.39. The molecule has 0 aliphatic carbocycles. The van der Waals surface area contributed by atoms with Gasteiger partial charge in [0.1, 0.15) is 0 Å². The molecule has 0 atom stereocenters. The van der Waals surface area contributed by atoms with Crippen molar-refractivity contribution in [3.63, 3.8) is 0 Å². The zero-order valence-electron chi connectivity index (χ0n) is 12.7. The van der Waals surface area contributed by atoms with Crippen molar-refractivity contribution in [3.8, 4) is 0 Å². The number of alkyl halides is 3. The molecule has 0 radical (unpaired) electrons. The summed E-state index contributed by atoms with van der Waals surface area (Å²) in [6.45, 7) is 1.26.